The zero-order chi connectivity index (χ0) is 30.8. The maximum atomic E-state index is 14.2. The van der Waals surface area contributed by atoms with Gasteiger partial charge in [-0.15, -0.1) is 0 Å². The molecule has 230 valence electrons. The van der Waals surface area contributed by atoms with Crippen molar-refractivity contribution < 1.29 is 33.8 Å². The number of halogens is 5. The maximum absolute atomic E-state index is 14.2. The molecule has 0 spiro atoms. The van der Waals surface area contributed by atoms with Crippen molar-refractivity contribution in [2.45, 2.75) is 55.3 Å². The summed E-state index contributed by atoms with van der Waals surface area (Å²) in [6.45, 7) is 3.42. The molecule has 9 nitrogen and oxygen atoms in total. The van der Waals surface area contributed by atoms with Crippen molar-refractivity contribution in [1.29, 1.82) is 5.26 Å². The molecular weight excluding hydrogens is 583 g/mol. The highest BCUT2D eigenvalue weighted by molar-refractivity contribution is 8.45. The van der Waals surface area contributed by atoms with E-state index in [4.69, 9.17) is 4.74 Å². The van der Waals surface area contributed by atoms with Crippen LogP contribution in [0.2, 0.25) is 0 Å². The number of nitrogens with one attached hydrogen (secondary N) is 2. The molecule has 2 N–H and O–H groups in total. The lowest BCUT2D eigenvalue weighted by molar-refractivity contribution is -0.128. The highest BCUT2D eigenvalue weighted by atomic mass is 32.5. The molecule has 15 heteroatoms. The lowest BCUT2D eigenvalue weighted by Crippen LogP contribution is -2.53. The molecule has 3 heterocycles. The number of piperidine rings is 1. The van der Waals surface area contributed by atoms with Gasteiger partial charge >= 0.3 is 10.2 Å². The molecule has 2 saturated heterocycles. The van der Waals surface area contributed by atoms with Gasteiger partial charge in [0, 0.05) is 43.2 Å². The SMILES string of the molecule is COC1CC(C(=O)N(c2ccc(S(F)(F)(F)(F)F)cc2)C(C(=O)NC(C)C2CCCNC2)c2cccnc2)N(C#N)C1. The van der Waals surface area contributed by atoms with E-state index in [2.05, 4.69) is 15.6 Å². The van der Waals surface area contributed by atoms with E-state index in [1.54, 1.807) is 0 Å². The average Bonchev–Trinajstić information content (AvgIpc) is 3.39. The fourth-order valence-electron chi connectivity index (χ4n) is 5.42. The Morgan fingerprint density at radius 1 is 1.21 bits per heavy atom. The van der Waals surface area contributed by atoms with Gasteiger partial charge in [-0.2, -0.15) is 5.26 Å². The summed E-state index contributed by atoms with van der Waals surface area (Å²) in [6, 6.07) is 2.01. The van der Waals surface area contributed by atoms with Crippen LogP contribution < -0.4 is 15.5 Å². The number of amides is 2. The second-order valence-corrected chi connectivity index (χ2v) is 13.0. The highest BCUT2D eigenvalue weighted by Gasteiger charge is 2.65. The Bertz CT molecular complexity index is 1320. The van der Waals surface area contributed by atoms with Crippen LogP contribution >= 0.6 is 10.2 Å². The molecule has 2 amide bonds. The number of aromatic nitrogens is 1. The summed E-state index contributed by atoms with van der Waals surface area (Å²) in [6.07, 6.45) is 6.04. The fourth-order valence-corrected chi connectivity index (χ4v) is 6.07. The molecule has 5 atom stereocenters. The van der Waals surface area contributed by atoms with E-state index in [-0.39, 0.29) is 48.3 Å². The van der Waals surface area contributed by atoms with Crippen LogP contribution in [0.25, 0.3) is 0 Å². The van der Waals surface area contributed by atoms with Crippen LogP contribution in [0.15, 0.2) is 53.7 Å². The molecule has 0 aliphatic carbocycles. The Balaban J connectivity index is 1.80. The molecule has 2 fully saturated rings. The highest BCUT2D eigenvalue weighted by Crippen LogP contribution is 3.02. The van der Waals surface area contributed by atoms with Crippen LogP contribution in [0.3, 0.4) is 0 Å². The van der Waals surface area contributed by atoms with Gasteiger partial charge < -0.3 is 15.4 Å². The van der Waals surface area contributed by atoms with Crippen LogP contribution in [0.4, 0.5) is 25.1 Å². The topological polar surface area (TPSA) is 111 Å². The Morgan fingerprint density at radius 2 is 1.93 bits per heavy atom. The Labute approximate surface area is 240 Å². The summed E-state index contributed by atoms with van der Waals surface area (Å²) >= 11 is 0. The van der Waals surface area contributed by atoms with Gasteiger partial charge in [0.2, 0.25) is 5.91 Å². The van der Waals surface area contributed by atoms with E-state index in [9.17, 15) is 34.3 Å². The van der Waals surface area contributed by atoms with Gasteiger partial charge in [0.25, 0.3) is 5.91 Å². The molecule has 4 rings (SSSR count). The van der Waals surface area contributed by atoms with E-state index < -0.39 is 45.1 Å². The summed E-state index contributed by atoms with van der Waals surface area (Å²) in [5.41, 5.74) is -0.000693. The van der Waals surface area contributed by atoms with Crippen molar-refractivity contribution >= 4 is 27.7 Å². The van der Waals surface area contributed by atoms with Crippen molar-refractivity contribution in [2.75, 3.05) is 31.6 Å². The van der Waals surface area contributed by atoms with Crippen LogP contribution in [-0.4, -0.2) is 66.6 Å². The van der Waals surface area contributed by atoms with E-state index in [0.717, 1.165) is 36.4 Å². The quantitative estimate of drug-likeness (QED) is 0.305. The van der Waals surface area contributed by atoms with Gasteiger partial charge in [-0.1, -0.05) is 25.5 Å². The number of nitriles is 1. The van der Waals surface area contributed by atoms with Crippen molar-refractivity contribution in [1.82, 2.24) is 20.5 Å². The molecule has 0 saturated carbocycles. The third-order valence-electron chi connectivity index (χ3n) is 7.73. The number of methoxy groups -OCH3 is 1. The minimum Gasteiger partial charge on any atom is -0.379 e. The lowest BCUT2D eigenvalue weighted by Gasteiger charge is -2.41. The van der Waals surface area contributed by atoms with Gasteiger partial charge in [0.1, 0.15) is 17.0 Å². The predicted octanol–water partition coefficient (Wildman–Crippen LogP) is 4.89. The predicted molar refractivity (Wildman–Crippen MR) is 147 cm³/mol. The molecule has 5 unspecified atom stereocenters. The summed E-state index contributed by atoms with van der Waals surface area (Å²) in [7, 11) is -8.60. The molecule has 42 heavy (non-hydrogen) atoms. The molecular formula is C27H33F5N6O3S. The number of benzene rings is 1. The van der Waals surface area contributed by atoms with Crippen molar-refractivity contribution in [2.24, 2.45) is 5.92 Å². The monoisotopic (exact) mass is 616 g/mol. The number of hydrogen-bond donors (Lipinski definition) is 2. The fraction of sp³-hybridized carbons (Fsp3) is 0.481. The molecule has 0 bridgehead atoms. The first kappa shape index (κ1) is 31.5. The van der Waals surface area contributed by atoms with Gasteiger partial charge in [0.15, 0.2) is 6.19 Å². The van der Waals surface area contributed by atoms with E-state index in [1.165, 1.54) is 36.5 Å². The van der Waals surface area contributed by atoms with Crippen molar-refractivity contribution in [3.63, 3.8) is 0 Å². The Hall–Kier alpha value is -3.48. The van der Waals surface area contributed by atoms with Crippen LogP contribution in [0.5, 0.6) is 0 Å². The number of likely N-dealkylation sites (tertiary alicyclic amines) is 1. The number of ether oxygens (including phenoxy) is 1. The molecule has 2 aliphatic rings. The second-order valence-electron chi connectivity index (χ2n) is 10.6. The van der Waals surface area contributed by atoms with Gasteiger partial charge in [-0.05, 0) is 69.1 Å². The number of nitrogens with zero attached hydrogens (tertiary/aromatic N) is 4. The normalized spacial score (nSPS) is 24.0. The Kier molecular flexibility index (Phi) is 8.47. The molecule has 2 aliphatic heterocycles. The van der Waals surface area contributed by atoms with E-state index >= 15 is 0 Å². The maximum Gasteiger partial charge on any atom is 0.310 e. The van der Waals surface area contributed by atoms with E-state index in [1.807, 2.05) is 13.1 Å². The summed E-state index contributed by atoms with van der Waals surface area (Å²) < 4.78 is 72.9. The summed E-state index contributed by atoms with van der Waals surface area (Å²) in [4.78, 5) is 32.2. The second kappa shape index (κ2) is 11.3. The smallest absolute Gasteiger partial charge is 0.310 e. The number of anilines is 1. The first-order valence-corrected chi connectivity index (χ1v) is 15.4. The number of pyridine rings is 1. The van der Waals surface area contributed by atoms with E-state index in [0.29, 0.717) is 6.54 Å². The number of rotatable bonds is 9. The number of carbonyl (C=O) groups is 2. The number of carbonyl (C=O) groups excluding carboxylic acids is 2. The third kappa shape index (κ3) is 7.11. The van der Waals surface area contributed by atoms with Crippen molar-refractivity contribution in [3.05, 3.63) is 54.4 Å². The standard InChI is InChI=1S/C27H33F5N6O3S/c1-18(19-5-3-11-34-14-19)36-26(39)25(20-6-4-12-35-15-20)38(27(40)24-13-22(41-2)16-37(24)17-33)21-7-9-23(10-8-21)42(28,29,30,31)32/h4,6-10,12,15,18-19,22,24-25,34H,3,5,11,13-14,16H2,1-2H3,(H,36,39). The first-order chi connectivity index (χ1) is 19.6. The zero-order valence-electron chi connectivity index (χ0n) is 23.1. The molecule has 0 radical (unpaired) electrons. The van der Waals surface area contributed by atoms with Crippen LogP contribution in [0, 0.1) is 17.4 Å². The Morgan fingerprint density at radius 3 is 2.48 bits per heavy atom. The largest absolute Gasteiger partial charge is 0.379 e. The average molecular weight is 617 g/mol. The van der Waals surface area contributed by atoms with Crippen LogP contribution in [0.1, 0.15) is 37.8 Å². The summed E-state index contributed by atoms with van der Waals surface area (Å²) in [5, 5.41) is 15.9. The van der Waals surface area contributed by atoms with Crippen LogP contribution in [-0.2, 0) is 14.3 Å². The van der Waals surface area contributed by atoms with Gasteiger partial charge in [0.05, 0.1) is 12.6 Å². The molecule has 1 aromatic heterocycles. The van der Waals surface area contributed by atoms with Gasteiger partial charge in [-0.25, -0.2) is 0 Å². The minimum absolute atomic E-state index is 0.0640. The van der Waals surface area contributed by atoms with Gasteiger partial charge in [-0.3, -0.25) is 24.4 Å². The zero-order valence-corrected chi connectivity index (χ0v) is 23.9. The van der Waals surface area contributed by atoms with Crippen molar-refractivity contribution in [3.8, 4) is 6.19 Å². The first-order valence-electron chi connectivity index (χ1n) is 13.4. The number of hydrogen-bond acceptors (Lipinski definition) is 7. The molecule has 2 aromatic rings. The summed E-state index contributed by atoms with van der Waals surface area (Å²) in [5.74, 6) is -1.34. The molecule has 1 aromatic carbocycles. The minimum atomic E-state index is -10.0. The lowest BCUT2D eigenvalue weighted by atomic mass is 9.92. The third-order valence-corrected chi connectivity index (χ3v) is 8.89.